The number of hydrogen-bond acceptors (Lipinski definition) is 4. The normalized spacial score (nSPS) is 10.3. The van der Waals surface area contributed by atoms with E-state index in [-0.39, 0.29) is 22.9 Å². The third-order valence-electron chi connectivity index (χ3n) is 4.24. The fourth-order valence-electron chi connectivity index (χ4n) is 2.66. The quantitative estimate of drug-likeness (QED) is 0.644. The molecule has 0 radical (unpaired) electrons. The van der Waals surface area contributed by atoms with Gasteiger partial charge in [0, 0.05) is 18.3 Å². The van der Waals surface area contributed by atoms with Crippen molar-refractivity contribution >= 4 is 17.5 Å². The van der Waals surface area contributed by atoms with E-state index in [0.29, 0.717) is 13.0 Å². The van der Waals surface area contributed by atoms with E-state index >= 15 is 0 Å². The lowest BCUT2D eigenvalue weighted by molar-refractivity contribution is 0.0949. The molecule has 0 fully saturated rings. The molecule has 2 N–H and O–H groups in total. The van der Waals surface area contributed by atoms with Crippen LogP contribution in [0.2, 0.25) is 0 Å². The summed E-state index contributed by atoms with van der Waals surface area (Å²) in [6.45, 7) is 0.415. The first-order chi connectivity index (χ1) is 14.1. The Hall–Kier alpha value is -3.74. The average molecular weight is 393 g/mol. The molecule has 29 heavy (non-hydrogen) atoms. The van der Waals surface area contributed by atoms with Crippen molar-refractivity contribution in [3.8, 4) is 5.75 Å². The molecule has 1 aromatic heterocycles. The number of anilines is 1. The maximum absolute atomic E-state index is 13.7. The second-order valence-corrected chi connectivity index (χ2v) is 6.22. The van der Waals surface area contributed by atoms with Crippen molar-refractivity contribution in [3.63, 3.8) is 0 Å². The Balaban J connectivity index is 1.58. The molecule has 2 amide bonds. The number of hydrogen-bond donors (Lipinski definition) is 2. The van der Waals surface area contributed by atoms with E-state index in [4.69, 9.17) is 4.74 Å². The van der Waals surface area contributed by atoms with Crippen molar-refractivity contribution in [2.75, 3.05) is 19.0 Å². The average Bonchev–Trinajstić information content (AvgIpc) is 2.76. The van der Waals surface area contributed by atoms with Gasteiger partial charge in [0.1, 0.15) is 17.3 Å². The zero-order valence-corrected chi connectivity index (χ0v) is 15.8. The Morgan fingerprint density at radius 2 is 1.79 bits per heavy atom. The van der Waals surface area contributed by atoms with Gasteiger partial charge < -0.3 is 15.4 Å². The smallest absolute Gasteiger partial charge is 0.269 e. The SMILES string of the molecule is COc1ccc(CCNC(=O)c2cc(C(=O)Nc3ccccc3F)ccn2)cc1. The third-order valence-corrected chi connectivity index (χ3v) is 4.24. The van der Waals surface area contributed by atoms with Crippen LogP contribution in [-0.4, -0.2) is 30.5 Å². The lowest BCUT2D eigenvalue weighted by Crippen LogP contribution is -2.27. The minimum Gasteiger partial charge on any atom is -0.497 e. The van der Waals surface area contributed by atoms with E-state index in [0.717, 1.165) is 11.3 Å². The van der Waals surface area contributed by atoms with Crippen molar-refractivity contribution in [2.45, 2.75) is 6.42 Å². The topological polar surface area (TPSA) is 80.3 Å². The summed E-state index contributed by atoms with van der Waals surface area (Å²) in [5.41, 5.74) is 1.45. The number of amides is 2. The number of methoxy groups -OCH3 is 1. The summed E-state index contributed by atoms with van der Waals surface area (Å²) in [7, 11) is 1.60. The van der Waals surface area contributed by atoms with Crippen LogP contribution in [0, 0.1) is 5.82 Å². The van der Waals surface area contributed by atoms with Crippen LogP contribution in [0.1, 0.15) is 26.4 Å². The highest BCUT2D eigenvalue weighted by atomic mass is 19.1. The first-order valence-electron chi connectivity index (χ1n) is 9.00. The van der Waals surface area contributed by atoms with Crippen LogP contribution in [0.5, 0.6) is 5.75 Å². The van der Waals surface area contributed by atoms with Crippen LogP contribution in [0.4, 0.5) is 10.1 Å². The van der Waals surface area contributed by atoms with E-state index in [2.05, 4.69) is 15.6 Å². The lowest BCUT2D eigenvalue weighted by atomic mass is 10.1. The Morgan fingerprint density at radius 3 is 2.52 bits per heavy atom. The van der Waals surface area contributed by atoms with Gasteiger partial charge in [0.25, 0.3) is 11.8 Å². The van der Waals surface area contributed by atoms with Crippen LogP contribution in [0.3, 0.4) is 0 Å². The summed E-state index contributed by atoms with van der Waals surface area (Å²) in [5.74, 6) is -0.678. The number of carbonyl (C=O) groups excluding carboxylic acids is 2. The Kier molecular flexibility index (Phi) is 6.52. The van der Waals surface area contributed by atoms with E-state index in [1.807, 2.05) is 24.3 Å². The highest BCUT2D eigenvalue weighted by Crippen LogP contribution is 2.14. The number of ether oxygens (including phenoxy) is 1. The molecule has 0 saturated heterocycles. The number of nitrogens with one attached hydrogen (secondary N) is 2. The number of nitrogens with zero attached hydrogens (tertiary/aromatic N) is 1. The number of pyridine rings is 1. The van der Waals surface area contributed by atoms with Crippen LogP contribution >= 0.6 is 0 Å². The maximum atomic E-state index is 13.7. The lowest BCUT2D eigenvalue weighted by Gasteiger charge is -2.08. The van der Waals surface area contributed by atoms with Crippen molar-refractivity contribution < 1.29 is 18.7 Å². The summed E-state index contributed by atoms with van der Waals surface area (Å²) in [4.78, 5) is 28.7. The molecule has 1 heterocycles. The minimum atomic E-state index is -0.536. The van der Waals surface area contributed by atoms with Crippen LogP contribution in [0.25, 0.3) is 0 Å². The van der Waals surface area contributed by atoms with Crippen LogP contribution in [0.15, 0.2) is 66.9 Å². The highest BCUT2D eigenvalue weighted by molar-refractivity contribution is 6.05. The number of aromatic nitrogens is 1. The number of rotatable bonds is 7. The summed E-state index contributed by atoms with van der Waals surface area (Å²) in [6.07, 6.45) is 2.01. The second kappa shape index (κ2) is 9.45. The van der Waals surface area contributed by atoms with Crippen molar-refractivity contribution in [1.29, 1.82) is 0 Å². The Morgan fingerprint density at radius 1 is 1.03 bits per heavy atom. The highest BCUT2D eigenvalue weighted by Gasteiger charge is 2.13. The molecule has 0 aliphatic rings. The van der Waals surface area contributed by atoms with E-state index in [1.54, 1.807) is 13.2 Å². The zero-order valence-electron chi connectivity index (χ0n) is 15.8. The largest absolute Gasteiger partial charge is 0.497 e. The summed E-state index contributed by atoms with van der Waals surface area (Å²) >= 11 is 0. The first kappa shape index (κ1) is 20.0. The van der Waals surface area contributed by atoms with Gasteiger partial charge in [0.2, 0.25) is 0 Å². The molecule has 0 unspecified atom stereocenters. The van der Waals surface area contributed by atoms with E-state index in [9.17, 15) is 14.0 Å². The fraction of sp³-hybridized carbons (Fsp3) is 0.136. The molecule has 7 heteroatoms. The third kappa shape index (κ3) is 5.38. The van der Waals surface area contributed by atoms with Crippen LogP contribution in [-0.2, 0) is 6.42 Å². The Labute approximate surface area is 167 Å². The van der Waals surface area contributed by atoms with Gasteiger partial charge in [-0.3, -0.25) is 14.6 Å². The molecule has 3 aromatic rings. The molecule has 0 saturated carbocycles. The molecule has 0 aliphatic carbocycles. The van der Waals surface area contributed by atoms with Gasteiger partial charge in [-0.25, -0.2) is 4.39 Å². The van der Waals surface area contributed by atoms with Gasteiger partial charge in [-0.05, 0) is 48.4 Å². The number of para-hydroxylation sites is 1. The number of benzene rings is 2. The van der Waals surface area contributed by atoms with Crippen molar-refractivity contribution in [2.24, 2.45) is 0 Å². The molecule has 2 aromatic carbocycles. The molecule has 148 valence electrons. The molecule has 0 bridgehead atoms. The number of halogens is 1. The molecule has 6 nitrogen and oxygen atoms in total. The monoisotopic (exact) mass is 393 g/mol. The van der Waals surface area contributed by atoms with Gasteiger partial charge in [0.15, 0.2) is 0 Å². The molecular weight excluding hydrogens is 373 g/mol. The second-order valence-electron chi connectivity index (χ2n) is 6.22. The van der Waals surface area contributed by atoms with E-state index < -0.39 is 11.7 Å². The zero-order chi connectivity index (χ0) is 20.6. The number of carbonyl (C=O) groups is 2. The van der Waals surface area contributed by atoms with Gasteiger partial charge in [-0.1, -0.05) is 24.3 Å². The summed E-state index contributed by atoms with van der Waals surface area (Å²) in [5, 5.41) is 5.26. The fourth-order valence-corrected chi connectivity index (χ4v) is 2.66. The predicted molar refractivity (Wildman–Crippen MR) is 108 cm³/mol. The van der Waals surface area contributed by atoms with Crippen molar-refractivity contribution in [1.82, 2.24) is 10.3 Å². The van der Waals surface area contributed by atoms with Gasteiger partial charge in [-0.2, -0.15) is 0 Å². The maximum Gasteiger partial charge on any atom is 0.269 e. The van der Waals surface area contributed by atoms with Gasteiger partial charge in [-0.15, -0.1) is 0 Å². The summed E-state index contributed by atoms with van der Waals surface area (Å²) < 4.78 is 18.8. The molecule has 0 spiro atoms. The van der Waals surface area contributed by atoms with Crippen LogP contribution < -0.4 is 15.4 Å². The molecular formula is C22H20FN3O3. The first-order valence-corrected chi connectivity index (χ1v) is 9.00. The minimum absolute atomic E-state index is 0.0693. The summed E-state index contributed by atoms with van der Waals surface area (Å²) in [6, 6.07) is 16.3. The predicted octanol–water partition coefficient (Wildman–Crippen LogP) is 3.45. The van der Waals surface area contributed by atoms with Crippen molar-refractivity contribution in [3.05, 3.63) is 89.5 Å². The van der Waals surface area contributed by atoms with Gasteiger partial charge in [0.05, 0.1) is 12.8 Å². The molecule has 0 aliphatic heterocycles. The van der Waals surface area contributed by atoms with Gasteiger partial charge >= 0.3 is 0 Å². The Bertz CT molecular complexity index is 1010. The standard InChI is InChI=1S/C22H20FN3O3/c1-29-17-8-6-15(7-9-17)10-12-25-22(28)20-14-16(11-13-24-20)21(27)26-19-5-3-2-4-18(19)23/h2-9,11,13-14H,10,12H2,1H3,(H,25,28)(H,26,27). The molecule has 3 rings (SSSR count). The molecule has 0 atom stereocenters. The van der Waals surface area contributed by atoms with E-state index in [1.165, 1.54) is 36.5 Å².